The maximum absolute atomic E-state index is 5.62. The van der Waals surface area contributed by atoms with E-state index in [-0.39, 0.29) is 0 Å². The molecule has 1 aromatic heterocycles. The minimum absolute atomic E-state index is 0.731. The third-order valence-corrected chi connectivity index (χ3v) is 2.66. The molecule has 0 unspecified atom stereocenters. The van der Waals surface area contributed by atoms with E-state index in [4.69, 9.17) is 10.7 Å². The van der Waals surface area contributed by atoms with E-state index in [0.29, 0.717) is 0 Å². The van der Waals surface area contributed by atoms with Gasteiger partial charge in [0, 0.05) is 0 Å². The Kier molecular flexibility index (Phi) is 1.94. The summed E-state index contributed by atoms with van der Waals surface area (Å²) in [7, 11) is 6.74. The first-order valence-corrected chi connectivity index (χ1v) is 4.97. The van der Waals surface area contributed by atoms with Crippen LogP contribution in [0.2, 0.25) is 0 Å². The molecular weight excluding hydrogens is 196 g/mol. The summed E-state index contributed by atoms with van der Waals surface area (Å²) in [5, 5.41) is 7.53. The second kappa shape index (κ2) is 2.95. The maximum atomic E-state index is 5.62. The van der Waals surface area contributed by atoms with Crippen LogP contribution in [0.3, 0.4) is 0 Å². The van der Waals surface area contributed by atoms with Crippen molar-refractivity contribution >= 4 is 32.7 Å². The van der Waals surface area contributed by atoms with E-state index in [1.54, 1.807) is 0 Å². The van der Waals surface area contributed by atoms with Crippen molar-refractivity contribution in [2.24, 2.45) is 0 Å². The van der Waals surface area contributed by atoms with E-state index < -0.39 is 0 Å². The van der Waals surface area contributed by atoms with E-state index in [0.717, 1.165) is 32.5 Å². The van der Waals surface area contributed by atoms with Crippen molar-refractivity contribution in [1.82, 2.24) is 10.3 Å². The van der Waals surface area contributed by atoms with E-state index in [1.165, 1.54) is 0 Å². The van der Waals surface area contributed by atoms with Gasteiger partial charge in [0.25, 0.3) is 0 Å². The molecule has 5 heteroatoms. The molecule has 2 aromatic rings. The monoisotopic (exact) mass is 200 g/mol. The number of nitrogens with zero attached hydrogens (tertiary/aromatic N) is 2. The molecule has 3 nitrogen and oxygen atoms in total. The first-order valence-electron chi connectivity index (χ1n) is 3.33. The molecule has 1 heterocycles. The quantitative estimate of drug-likeness (QED) is 0.710. The zero-order valence-corrected chi connectivity index (χ0v) is 7.82. The largest absolute Gasteiger partial charge is 0.243 e. The van der Waals surface area contributed by atoms with E-state index in [9.17, 15) is 0 Å². The molecule has 0 spiro atoms. The molecule has 12 heavy (non-hydrogen) atoms. The Balaban J connectivity index is 2.82. The molecular formula is C7H5ClN2OS. The summed E-state index contributed by atoms with van der Waals surface area (Å²) in [4.78, 5) is 0.874. The summed E-state index contributed by atoms with van der Waals surface area (Å²) < 4.78 is 4.62. The first kappa shape index (κ1) is 7.89. The highest BCUT2D eigenvalue weighted by atomic mass is 35.7. The molecule has 0 aliphatic rings. The summed E-state index contributed by atoms with van der Waals surface area (Å²) >= 11 is 0. The topological polar surface area (TPSA) is 38.9 Å². The molecule has 0 aliphatic carbocycles. The number of hydrogen-bond acceptors (Lipinski definition) is 4. The third-order valence-electron chi connectivity index (χ3n) is 1.66. The van der Waals surface area contributed by atoms with Crippen molar-refractivity contribution in [3.8, 4) is 0 Å². The Morgan fingerprint density at radius 1 is 1.33 bits per heavy atom. The van der Waals surface area contributed by atoms with Gasteiger partial charge in [0.05, 0.1) is 4.90 Å². The van der Waals surface area contributed by atoms with Crippen LogP contribution in [-0.2, 0) is 0 Å². The fourth-order valence-electron chi connectivity index (χ4n) is 1.03. The summed E-state index contributed by atoms with van der Waals surface area (Å²) in [5.41, 5.74) is 2.55. The van der Waals surface area contributed by atoms with Crippen molar-refractivity contribution in [2.45, 2.75) is 11.8 Å². The number of halogens is 1. The SMILES string of the molecule is Cc1ccc(SCl)c2nonc12. The molecule has 0 atom stereocenters. The van der Waals surface area contributed by atoms with Crippen LogP contribution in [0.15, 0.2) is 21.7 Å². The van der Waals surface area contributed by atoms with Crippen LogP contribution in [0.5, 0.6) is 0 Å². The molecule has 0 N–H and O–H groups in total. The smallest absolute Gasteiger partial charge is 0.150 e. The van der Waals surface area contributed by atoms with Gasteiger partial charge in [0.1, 0.15) is 11.0 Å². The highest BCUT2D eigenvalue weighted by molar-refractivity contribution is 8.21. The Bertz CT molecular complexity index is 415. The average Bonchev–Trinajstić information content (AvgIpc) is 2.54. The number of aromatic nitrogens is 2. The lowest BCUT2D eigenvalue weighted by atomic mass is 10.2. The van der Waals surface area contributed by atoms with Gasteiger partial charge in [0.2, 0.25) is 0 Å². The zero-order chi connectivity index (χ0) is 8.55. The van der Waals surface area contributed by atoms with Crippen molar-refractivity contribution in [1.29, 1.82) is 0 Å². The van der Waals surface area contributed by atoms with Crippen molar-refractivity contribution in [2.75, 3.05) is 0 Å². The fraction of sp³-hybridized carbons (Fsp3) is 0.143. The van der Waals surface area contributed by atoms with Crippen LogP contribution in [-0.4, -0.2) is 10.3 Å². The standard InChI is InChI=1S/C7H5ClN2OS/c1-4-2-3-5(12-8)7-6(4)9-11-10-7/h2-3H,1H3. The van der Waals surface area contributed by atoms with Gasteiger partial charge >= 0.3 is 0 Å². The molecule has 0 amide bonds. The highest BCUT2D eigenvalue weighted by Gasteiger charge is 2.08. The van der Waals surface area contributed by atoms with Gasteiger partial charge in [-0.05, 0) is 50.5 Å². The fourth-order valence-corrected chi connectivity index (χ4v) is 1.73. The second-order valence-corrected chi connectivity index (χ2v) is 3.48. The zero-order valence-electron chi connectivity index (χ0n) is 6.24. The van der Waals surface area contributed by atoms with Gasteiger partial charge in [-0.2, -0.15) is 0 Å². The number of fused-ring (bicyclic) bond motifs is 1. The Morgan fingerprint density at radius 2 is 2.08 bits per heavy atom. The van der Waals surface area contributed by atoms with Crippen LogP contribution < -0.4 is 0 Å². The summed E-state index contributed by atoms with van der Waals surface area (Å²) in [6.45, 7) is 1.95. The Hall–Kier alpha value is -0.740. The molecule has 0 aliphatic heterocycles. The number of rotatable bonds is 1. The van der Waals surface area contributed by atoms with E-state index >= 15 is 0 Å². The van der Waals surface area contributed by atoms with Crippen LogP contribution >= 0.6 is 21.7 Å². The van der Waals surface area contributed by atoms with Crippen LogP contribution in [0.4, 0.5) is 0 Å². The average molecular weight is 201 g/mol. The molecule has 2 rings (SSSR count). The number of benzene rings is 1. The number of hydrogen-bond donors (Lipinski definition) is 0. The van der Waals surface area contributed by atoms with Crippen molar-refractivity contribution in [3.63, 3.8) is 0 Å². The molecule has 0 saturated heterocycles. The van der Waals surface area contributed by atoms with Crippen molar-refractivity contribution in [3.05, 3.63) is 17.7 Å². The third kappa shape index (κ3) is 1.07. The van der Waals surface area contributed by atoms with E-state index in [2.05, 4.69) is 14.9 Å². The summed E-state index contributed by atoms with van der Waals surface area (Å²) in [6, 6.07) is 3.84. The van der Waals surface area contributed by atoms with Crippen LogP contribution in [0.1, 0.15) is 5.56 Å². The minimum Gasteiger partial charge on any atom is -0.243 e. The van der Waals surface area contributed by atoms with Crippen molar-refractivity contribution < 1.29 is 4.63 Å². The normalized spacial score (nSPS) is 10.8. The summed E-state index contributed by atoms with van der Waals surface area (Å²) in [5.74, 6) is 0. The molecule has 0 saturated carbocycles. The number of aryl methyl sites for hydroxylation is 1. The first-order chi connectivity index (χ1) is 5.83. The van der Waals surface area contributed by atoms with E-state index in [1.807, 2.05) is 19.1 Å². The lowest BCUT2D eigenvalue weighted by Crippen LogP contribution is -1.78. The van der Waals surface area contributed by atoms with Gasteiger partial charge in [-0.3, -0.25) is 0 Å². The van der Waals surface area contributed by atoms with Gasteiger partial charge in [-0.25, -0.2) is 4.63 Å². The minimum atomic E-state index is 0.731. The predicted molar refractivity (Wildman–Crippen MR) is 48.3 cm³/mol. The molecule has 1 aromatic carbocycles. The van der Waals surface area contributed by atoms with Gasteiger partial charge < -0.3 is 0 Å². The predicted octanol–water partition coefficient (Wildman–Crippen LogP) is 2.78. The van der Waals surface area contributed by atoms with Crippen LogP contribution in [0, 0.1) is 6.92 Å². The Morgan fingerprint density at radius 3 is 2.83 bits per heavy atom. The second-order valence-electron chi connectivity index (χ2n) is 2.42. The molecule has 0 radical (unpaired) electrons. The highest BCUT2D eigenvalue weighted by Crippen LogP contribution is 2.29. The summed E-state index contributed by atoms with van der Waals surface area (Å²) in [6.07, 6.45) is 0. The lowest BCUT2D eigenvalue weighted by molar-refractivity contribution is 0.315. The molecule has 0 bridgehead atoms. The van der Waals surface area contributed by atoms with Gasteiger partial charge in [-0.1, -0.05) is 6.07 Å². The van der Waals surface area contributed by atoms with Gasteiger partial charge in [-0.15, -0.1) is 0 Å². The molecule has 62 valence electrons. The van der Waals surface area contributed by atoms with Crippen LogP contribution in [0.25, 0.3) is 11.0 Å². The lowest BCUT2D eigenvalue weighted by Gasteiger charge is -1.94. The molecule has 0 fully saturated rings. The maximum Gasteiger partial charge on any atom is 0.150 e. The Labute approximate surface area is 77.5 Å². The van der Waals surface area contributed by atoms with Gasteiger partial charge in [0.15, 0.2) is 0 Å².